The lowest BCUT2D eigenvalue weighted by Gasteiger charge is -2.17. The molecule has 2 N–H and O–H groups in total. The first kappa shape index (κ1) is 12.3. The number of aromatic nitrogens is 1. The number of aromatic amines is 1. The van der Waals surface area contributed by atoms with Crippen LogP contribution in [0.4, 0.5) is 0 Å². The molecule has 0 saturated heterocycles. The van der Waals surface area contributed by atoms with Crippen LogP contribution < -0.4 is 5.32 Å². The van der Waals surface area contributed by atoms with E-state index in [0.717, 1.165) is 13.2 Å². The number of rotatable bonds is 8. The highest BCUT2D eigenvalue weighted by Crippen LogP contribution is 2.03. The van der Waals surface area contributed by atoms with Crippen molar-refractivity contribution in [2.24, 2.45) is 0 Å². The third-order valence-electron chi connectivity index (χ3n) is 2.53. The molecule has 0 saturated carbocycles. The highest BCUT2D eigenvalue weighted by molar-refractivity contribution is 5.07. The molecule has 86 valence electrons. The molecule has 0 aromatic carbocycles. The van der Waals surface area contributed by atoms with Crippen LogP contribution in [0, 0.1) is 0 Å². The molecule has 0 fully saturated rings. The van der Waals surface area contributed by atoms with E-state index >= 15 is 0 Å². The fourth-order valence-electron chi connectivity index (χ4n) is 1.63. The highest BCUT2D eigenvalue weighted by Gasteiger charge is 2.06. The fourth-order valence-corrected chi connectivity index (χ4v) is 1.63. The molecule has 0 aliphatic heterocycles. The van der Waals surface area contributed by atoms with Gasteiger partial charge in [-0.15, -0.1) is 0 Å². The Morgan fingerprint density at radius 1 is 1.53 bits per heavy atom. The minimum atomic E-state index is 0.477. The summed E-state index contributed by atoms with van der Waals surface area (Å²) in [5, 5.41) is 3.51. The van der Waals surface area contributed by atoms with Gasteiger partial charge in [0.1, 0.15) is 0 Å². The molecule has 0 aliphatic rings. The fraction of sp³-hybridized carbons (Fsp3) is 0.667. The van der Waals surface area contributed by atoms with Gasteiger partial charge in [0, 0.05) is 32.1 Å². The summed E-state index contributed by atoms with van der Waals surface area (Å²) in [6.07, 6.45) is 7.67. The number of H-pyrrole nitrogens is 1. The second-order valence-electron chi connectivity index (χ2n) is 3.89. The van der Waals surface area contributed by atoms with E-state index in [1.165, 1.54) is 24.8 Å². The highest BCUT2D eigenvalue weighted by atomic mass is 16.5. The Kier molecular flexibility index (Phi) is 6.12. The van der Waals surface area contributed by atoms with Crippen LogP contribution in [0.25, 0.3) is 0 Å². The molecule has 0 bridgehead atoms. The lowest BCUT2D eigenvalue weighted by molar-refractivity contribution is 0.160. The summed E-state index contributed by atoms with van der Waals surface area (Å²) >= 11 is 0. The first-order valence-corrected chi connectivity index (χ1v) is 5.70. The van der Waals surface area contributed by atoms with Crippen molar-refractivity contribution in [2.75, 3.05) is 13.7 Å². The molecule has 0 amide bonds. The lowest BCUT2D eigenvalue weighted by Crippen LogP contribution is -2.32. The van der Waals surface area contributed by atoms with Crippen molar-refractivity contribution in [3.05, 3.63) is 24.0 Å². The molecule has 1 aromatic heterocycles. The first-order valence-electron chi connectivity index (χ1n) is 5.70. The molecule has 0 spiro atoms. The van der Waals surface area contributed by atoms with E-state index in [0.29, 0.717) is 6.04 Å². The number of nitrogens with one attached hydrogen (secondary N) is 2. The minimum Gasteiger partial charge on any atom is -0.383 e. The summed E-state index contributed by atoms with van der Waals surface area (Å²) < 4.78 is 5.20. The lowest BCUT2D eigenvalue weighted by atomic mass is 10.1. The molecule has 3 nitrogen and oxygen atoms in total. The van der Waals surface area contributed by atoms with E-state index in [4.69, 9.17) is 4.74 Å². The standard InChI is InChI=1S/C12H22N2O/c1-3-4-5-12(10-15-2)14-9-11-6-7-13-8-11/h6-8,12-14H,3-5,9-10H2,1-2H3. The van der Waals surface area contributed by atoms with E-state index in [1.54, 1.807) is 7.11 Å². The topological polar surface area (TPSA) is 37.0 Å². The first-order chi connectivity index (χ1) is 7.36. The van der Waals surface area contributed by atoms with Gasteiger partial charge in [0.25, 0.3) is 0 Å². The van der Waals surface area contributed by atoms with Gasteiger partial charge in [0.2, 0.25) is 0 Å². The van der Waals surface area contributed by atoms with Gasteiger partial charge in [-0.1, -0.05) is 19.8 Å². The van der Waals surface area contributed by atoms with Crippen LogP contribution in [0.1, 0.15) is 31.7 Å². The Hall–Kier alpha value is -0.800. The van der Waals surface area contributed by atoms with E-state index in [-0.39, 0.29) is 0 Å². The third-order valence-corrected chi connectivity index (χ3v) is 2.53. The van der Waals surface area contributed by atoms with Gasteiger partial charge in [0.15, 0.2) is 0 Å². The Balaban J connectivity index is 2.24. The SMILES string of the molecule is CCCCC(COC)NCc1cc[nH]c1. The van der Waals surface area contributed by atoms with Crippen LogP contribution in [0.2, 0.25) is 0 Å². The normalized spacial score (nSPS) is 12.9. The summed E-state index contributed by atoms with van der Waals surface area (Å²) in [6, 6.07) is 2.57. The second kappa shape index (κ2) is 7.49. The number of methoxy groups -OCH3 is 1. The van der Waals surface area contributed by atoms with E-state index in [1.807, 2.05) is 12.4 Å². The quantitative estimate of drug-likeness (QED) is 0.691. The van der Waals surface area contributed by atoms with Crippen molar-refractivity contribution < 1.29 is 4.74 Å². The van der Waals surface area contributed by atoms with Crippen LogP contribution in [0.3, 0.4) is 0 Å². The van der Waals surface area contributed by atoms with Crippen LogP contribution in [0.15, 0.2) is 18.5 Å². The number of unbranched alkanes of at least 4 members (excludes halogenated alkanes) is 1. The summed E-state index contributed by atoms with van der Waals surface area (Å²) in [6.45, 7) is 3.93. The van der Waals surface area contributed by atoms with Crippen LogP contribution in [-0.2, 0) is 11.3 Å². The molecule has 1 rings (SSSR count). The zero-order valence-corrected chi connectivity index (χ0v) is 9.75. The molecule has 1 heterocycles. The van der Waals surface area contributed by atoms with Crippen LogP contribution in [0.5, 0.6) is 0 Å². The zero-order chi connectivity index (χ0) is 10.9. The molecular weight excluding hydrogens is 188 g/mol. The van der Waals surface area contributed by atoms with Gasteiger partial charge in [-0.05, 0) is 18.1 Å². The van der Waals surface area contributed by atoms with Gasteiger partial charge in [-0.25, -0.2) is 0 Å². The Bertz CT molecular complexity index is 234. The summed E-state index contributed by atoms with van der Waals surface area (Å²) in [5.41, 5.74) is 1.30. The van der Waals surface area contributed by atoms with Crippen LogP contribution >= 0.6 is 0 Å². The molecule has 0 aliphatic carbocycles. The largest absolute Gasteiger partial charge is 0.383 e. The summed E-state index contributed by atoms with van der Waals surface area (Å²) in [4.78, 5) is 3.06. The smallest absolute Gasteiger partial charge is 0.0615 e. The second-order valence-corrected chi connectivity index (χ2v) is 3.89. The molecule has 1 aromatic rings. The average Bonchev–Trinajstić information content (AvgIpc) is 2.75. The van der Waals surface area contributed by atoms with Crippen molar-refractivity contribution in [3.8, 4) is 0 Å². The van der Waals surface area contributed by atoms with Gasteiger partial charge < -0.3 is 15.0 Å². The number of hydrogen-bond donors (Lipinski definition) is 2. The Labute approximate surface area is 92.2 Å². The molecule has 1 atom stereocenters. The Morgan fingerprint density at radius 2 is 2.40 bits per heavy atom. The molecule has 3 heteroatoms. The van der Waals surface area contributed by atoms with Crippen molar-refractivity contribution >= 4 is 0 Å². The summed E-state index contributed by atoms with van der Waals surface area (Å²) in [7, 11) is 1.76. The van der Waals surface area contributed by atoms with E-state index in [2.05, 4.69) is 23.3 Å². The maximum Gasteiger partial charge on any atom is 0.0615 e. The average molecular weight is 210 g/mol. The van der Waals surface area contributed by atoms with E-state index in [9.17, 15) is 0 Å². The van der Waals surface area contributed by atoms with Crippen molar-refractivity contribution in [2.45, 2.75) is 38.8 Å². The monoisotopic (exact) mass is 210 g/mol. The predicted octanol–water partition coefficient (Wildman–Crippen LogP) is 2.31. The maximum absolute atomic E-state index is 5.20. The minimum absolute atomic E-state index is 0.477. The molecular formula is C12H22N2O. The number of ether oxygens (including phenoxy) is 1. The summed E-state index contributed by atoms with van der Waals surface area (Å²) in [5.74, 6) is 0. The zero-order valence-electron chi connectivity index (χ0n) is 9.75. The molecule has 0 radical (unpaired) electrons. The van der Waals surface area contributed by atoms with Gasteiger partial charge in [-0.2, -0.15) is 0 Å². The number of hydrogen-bond acceptors (Lipinski definition) is 2. The Morgan fingerprint density at radius 3 is 3.00 bits per heavy atom. The van der Waals surface area contributed by atoms with Crippen molar-refractivity contribution in [1.82, 2.24) is 10.3 Å². The molecule has 1 unspecified atom stereocenters. The maximum atomic E-state index is 5.20. The third kappa shape index (κ3) is 5.00. The van der Waals surface area contributed by atoms with Crippen LogP contribution in [-0.4, -0.2) is 24.7 Å². The predicted molar refractivity (Wildman–Crippen MR) is 62.8 cm³/mol. The van der Waals surface area contributed by atoms with Gasteiger partial charge in [-0.3, -0.25) is 0 Å². The molecule has 15 heavy (non-hydrogen) atoms. The van der Waals surface area contributed by atoms with Gasteiger partial charge in [0.05, 0.1) is 6.61 Å². The van der Waals surface area contributed by atoms with Gasteiger partial charge >= 0.3 is 0 Å². The van der Waals surface area contributed by atoms with Crippen molar-refractivity contribution in [1.29, 1.82) is 0 Å². The van der Waals surface area contributed by atoms with Crippen molar-refractivity contribution in [3.63, 3.8) is 0 Å². The van der Waals surface area contributed by atoms with E-state index < -0.39 is 0 Å².